The molecule has 3 heterocycles. The Bertz CT molecular complexity index is 1440. The van der Waals surface area contributed by atoms with Gasteiger partial charge in [0.1, 0.15) is 23.9 Å². The molecule has 258 valence electrons. The Kier molecular flexibility index (Phi) is 13.9. The van der Waals surface area contributed by atoms with Crippen molar-refractivity contribution in [1.29, 1.82) is 0 Å². The molecule has 1 fully saturated rings. The molecule has 1 aromatic heterocycles. The number of anilines is 1. The number of Topliss-reactive ketones (excluding diaryl/α,β-unsaturated/α-hetero) is 1. The molecule has 4 rings (SSSR count). The van der Waals surface area contributed by atoms with Crippen LogP contribution >= 0.6 is 11.6 Å². The fourth-order valence-corrected chi connectivity index (χ4v) is 5.84. The van der Waals surface area contributed by atoms with E-state index >= 15 is 0 Å². The number of benzene rings is 1. The number of pyridine rings is 1. The smallest absolute Gasteiger partial charge is 0.289 e. The number of rotatable bonds is 8. The van der Waals surface area contributed by atoms with Gasteiger partial charge in [-0.1, -0.05) is 55.8 Å². The lowest BCUT2D eigenvalue weighted by Crippen LogP contribution is -2.63. The van der Waals surface area contributed by atoms with Gasteiger partial charge in [0.05, 0.1) is 0 Å². The minimum Gasteiger partial charge on any atom is -0.358 e. The van der Waals surface area contributed by atoms with Crippen molar-refractivity contribution in [3.8, 4) is 0 Å². The summed E-state index contributed by atoms with van der Waals surface area (Å²) < 4.78 is 0. The van der Waals surface area contributed by atoms with Crippen molar-refractivity contribution in [3.63, 3.8) is 0 Å². The van der Waals surface area contributed by atoms with Crippen molar-refractivity contribution < 1.29 is 24.0 Å². The van der Waals surface area contributed by atoms with Crippen molar-refractivity contribution in [2.45, 2.75) is 70.6 Å². The van der Waals surface area contributed by atoms with Crippen LogP contribution in [-0.2, 0) is 30.5 Å². The first-order valence-corrected chi connectivity index (χ1v) is 17.0. The maximum Gasteiger partial charge on any atom is 0.289 e. The maximum absolute atomic E-state index is 14.1. The highest BCUT2D eigenvalue weighted by molar-refractivity contribution is 6.38. The van der Waals surface area contributed by atoms with Gasteiger partial charge in [0, 0.05) is 56.9 Å². The Morgan fingerprint density at radius 1 is 1.00 bits per heavy atom. The van der Waals surface area contributed by atoms with Gasteiger partial charge in [-0.25, -0.2) is 4.98 Å². The molecule has 2 aliphatic rings. The first-order valence-electron chi connectivity index (χ1n) is 16.6. The van der Waals surface area contributed by atoms with Crippen molar-refractivity contribution in [1.82, 2.24) is 30.7 Å². The lowest BCUT2D eigenvalue weighted by Gasteiger charge is -2.42. The number of nitrogens with one attached hydrogen (secondary N) is 4. The van der Waals surface area contributed by atoms with E-state index in [1.54, 1.807) is 41.4 Å². The second kappa shape index (κ2) is 18.3. The quantitative estimate of drug-likeness (QED) is 0.246. The molecule has 1 saturated heterocycles. The van der Waals surface area contributed by atoms with Gasteiger partial charge < -0.3 is 26.2 Å². The number of aromatic nitrogens is 1. The average molecular weight is 680 g/mol. The Hall–Kier alpha value is -4.29. The molecule has 0 aliphatic carbocycles. The molecule has 3 atom stereocenters. The average Bonchev–Trinajstić information content (AvgIpc) is 3.08. The third-order valence-electron chi connectivity index (χ3n) is 8.46. The number of hydrogen-bond donors (Lipinski definition) is 4. The van der Waals surface area contributed by atoms with E-state index in [4.69, 9.17) is 11.6 Å². The molecule has 48 heavy (non-hydrogen) atoms. The first kappa shape index (κ1) is 36.5. The highest BCUT2D eigenvalue weighted by Gasteiger charge is 2.39. The summed E-state index contributed by atoms with van der Waals surface area (Å²) in [4.78, 5) is 74.1. The van der Waals surface area contributed by atoms with Gasteiger partial charge in [0.15, 0.2) is 0 Å². The molecule has 2 aromatic rings. The Balaban J connectivity index is 1.54. The number of carbonyl (C=O) groups is 5. The van der Waals surface area contributed by atoms with Crippen LogP contribution in [0.15, 0.2) is 60.8 Å². The normalized spacial score (nSPS) is 21.0. The number of halogens is 1. The molecule has 0 spiro atoms. The lowest BCUT2D eigenvalue weighted by molar-refractivity contribution is -0.142. The highest BCUT2D eigenvalue weighted by Crippen LogP contribution is 2.20. The molecule has 0 saturated carbocycles. The van der Waals surface area contributed by atoms with Gasteiger partial charge in [-0.2, -0.15) is 0 Å². The van der Waals surface area contributed by atoms with E-state index in [9.17, 15) is 24.0 Å². The van der Waals surface area contributed by atoms with E-state index in [1.807, 2.05) is 43.0 Å². The largest absolute Gasteiger partial charge is 0.358 e. The Labute approximate surface area is 287 Å². The number of nitrogens with zero attached hydrogens (tertiary/aromatic N) is 3. The molecule has 13 heteroatoms. The van der Waals surface area contributed by atoms with E-state index in [-0.39, 0.29) is 43.8 Å². The SMILES string of the molecule is CC(C)C(Nc1ccccn1)C(=O)N1CCN(Cc2ccc(Cl)cc2)[C@@H](C(=O)N[C@@H]2CC=CCCCCC(=O)NCCNC(=O)C2=O)C1. The minimum absolute atomic E-state index is 0.0656. The van der Waals surface area contributed by atoms with E-state index in [2.05, 4.69) is 26.3 Å². The molecule has 2 aliphatic heterocycles. The number of carbonyl (C=O) groups excluding carboxylic acids is 5. The van der Waals surface area contributed by atoms with E-state index < -0.39 is 35.7 Å². The van der Waals surface area contributed by atoms with Gasteiger partial charge in [0.25, 0.3) is 5.91 Å². The second-order valence-electron chi connectivity index (χ2n) is 12.5. The van der Waals surface area contributed by atoms with Gasteiger partial charge in [-0.05, 0) is 61.4 Å². The topological polar surface area (TPSA) is 153 Å². The highest BCUT2D eigenvalue weighted by atomic mass is 35.5. The first-order chi connectivity index (χ1) is 23.1. The molecular formula is C35H46ClN7O5. The van der Waals surface area contributed by atoms with Crippen LogP contribution in [-0.4, -0.2) is 95.0 Å². The summed E-state index contributed by atoms with van der Waals surface area (Å²) in [5, 5.41) is 12.0. The number of amides is 4. The predicted octanol–water partition coefficient (Wildman–Crippen LogP) is 2.69. The van der Waals surface area contributed by atoms with Crippen LogP contribution in [0.25, 0.3) is 0 Å². The van der Waals surface area contributed by atoms with Crippen molar-refractivity contribution in [2.24, 2.45) is 5.92 Å². The van der Waals surface area contributed by atoms with Crippen LogP contribution in [0.5, 0.6) is 0 Å². The van der Waals surface area contributed by atoms with E-state index in [0.29, 0.717) is 43.3 Å². The van der Waals surface area contributed by atoms with Crippen LogP contribution in [0.3, 0.4) is 0 Å². The van der Waals surface area contributed by atoms with Crippen LogP contribution in [0.4, 0.5) is 5.82 Å². The predicted molar refractivity (Wildman–Crippen MR) is 184 cm³/mol. The van der Waals surface area contributed by atoms with Crippen LogP contribution in [0.1, 0.15) is 51.5 Å². The number of ketones is 1. The number of piperazine rings is 1. The monoisotopic (exact) mass is 679 g/mol. The van der Waals surface area contributed by atoms with Crippen molar-refractivity contribution in [2.75, 3.05) is 38.0 Å². The Morgan fingerprint density at radius 3 is 2.50 bits per heavy atom. The summed E-state index contributed by atoms with van der Waals surface area (Å²) in [5.74, 6) is -1.81. The zero-order chi connectivity index (χ0) is 34.5. The standard InChI is InChI=1S/C35H46ClN7O5/c1-24(2)31(41-29-11-8-9-17-37-29)35(48)43-21-20-42(22-25-13-15-26(36)16-14-25)28(23-43)33(46)40-27-10-6-4-3-5-7-12-30(44)38-18-19-39-34(47)32(27)45/h4,6,8-9,11,13-17,24,27-28,31H,3,5,7,10,12,18-23H2,1-2H3,(H,37,41)(H,38,44)(H,39,47)(H,40,46)/t27-,28-,31?/m1/s1. The maximum atomic E-state index is 14.1. The van der Waals surface area contributed by atoms with Gasteiger partial charge in [0.2, 0.25) is 23.5 Å². The van der Waals surface area contributed by atoms with Crippen molar-refractivity contribution >= 4 is 46.8 Å². The van der Waals surface area contributed by atoms with Crippen LogP contribution in [0, 0.1) is 5.92 Å². The summed E-state index contributed by atoms with van der Waals surface area (Å²) in [6.45, 7) is 5.50. The zero-order valence-electron chi connectivity index (χ0n) is 27.6. The van der Waals surface area contributed by atoms with Gasteiger partial charge in [-0.3, -0.25) is 28.9 Å². The molecule has 1 aromatic carbocycles. The molecule has 4 N–H and O–H groups in total. The summed E-state index contributed by atoms with van der Waals surface area (Å²) in [6.07, 6.45) is 8.08. The molecular weight excluding hydrogens is 634 g/mol. The molecule has 4 amide bonds. The number of allylic oxidation sites excluding steroid dienone is 1. The molecule has 0 radical (unpaired) electrons. The van der Waals surface area contributed by atoms with Gasteiger partial charge >= 0.3 is 0 Å². The summed E-state index contributed by atoms with van der Waals surface area (Å²) in [6, 6.07) is 10.3. The molecule has 12 nitrogen and oxygen atoms in total. The Morgan fingerprint density at radius 2 is 1.77 bits per heavy atom. The lowest BCUT2D eigenvalue weighted by atomic mass is 10.0. The summed E-state index contributed by atoms with van der Waals surface area (Å²) >= 11 is 6.11. The van der Waals surface area contributed by atoms with E-state index in [0.717, 1.165) is 18.4 Å². The summed E-state index contributed by atoms with van der Waals surface area (Å²) in [5.41, 5.74) is 0.938. The number of hydrogen-bond acceptors (Lipinski definition) is 8. The molecule has 1 unspecified atom stereocenters. The molecule has 0 bridgehead atoms. The zero-order valence-corrected chi connectivity index (χ0v) is 28.4. The van der Waals surface area contributed by atoms with Crippen LogP contribution < -0.4 is 21.3 Å². The van der Waals surface area contributed by atoms with Crippen LogP contribution in [0.2, 0.25) is 5.02 Å². The fraction of sp³-hybridized carbons (Fsp3) is 0.486. The summed E-state index contributed by atoms with van der Waals surface area (Å²) in [7, 11) is 0. The second-order valence-corrected chi connectivity index (χ2v) is 12.9. The third-order valence-corrected chi connectivity index (χ3v) is 8.71. The minimum atomic E-state index is -1.11. The van der Waals surface area contributed by atoms with Gasteiger partial charge in [-0.15, -0.1) is 0 Å². The van der Waals surface area contributed by atoms with Crippen molar-refractivity contribution in [3.05, 3.63) is 71.4 Å². The third kappa shape index (κ3) is 10.9. The fourth-order valence-electron chi connectivity index (χ4n) is 5.71. The van der Waals surface area contributed by atoms with E-state index in [1.165, 1.54) is 0 Å².